The van der Waals surface area contributed by atoms with Gasteiger partial charge in [-0.3, -0.25) is 10.1 Å². The van der Waals surface area contributed by atoms with Crippen molar-refractivity contribution in [1.29, 1.82) is 0 Å². The molecular formula is C7H3BrClF2NO2. The Kier molecular flexibility index (Phi) is 3.38. The van der Waals surface area contributed by atoms with Gasteiger partial charge in [0, 0.05) is 10.5 Å². The van der Waals surface area contributed by atoms with E-state index in [0.29, 0.717) is 0 Å². The Morgan fingerprint density at radius 3 is 2.50 bits per heavy atom. The molecule has 3 nitrogen and oxygen atoms in total. The molecule has 7 heteroatoms. The first-order valence-corrected chi connectivity index (χ1v) is 4.52. The molecule has 1 rings (SSSR count). The fourth-order valence-corrected chi connectivity index (χ4v) is 1.39. The number of hydrogen-bond acceptors (Lipinski definition) is 2. The molecule has 0 aliphatic heterocycles. The van der Waals surface area contributed by atoms with Crippen LogP contribution in [0, 0.1) is 10.1 Å². The Hall–Kier alpha value is -0.750. The molecule has 0 bridgehead atoms. The third-order valence-corrected chi connectivity index (χ3v) is 2.70. The van der Waals surface area contributed by atoms with Crippen LogP contribution in [0.2, 0.25) is 5.02 Å². The SMILES string of the molecule is O=[N+]([O-])c1cc(Br)c(Cl)cc1C(F)F. The van der Waals surface area contributed by atoms with Crippen LogP contribution >= 0.6 is 27.5 Å². The minimum absolute atomic E-state index is 0.0194. The number of hydrogen-bond donors (Lipinski definition) is 0. The van der Waals surface area contributed by atoms with Crippen LogP contribution in [0.3, 0.4) is 0 Å². The Labute approximate surface area is 91.0 Å². The van der Waals surface area contributed by atoms with Crippen LogP contribution in [0.15, 0.2) is 16.6 Å². The van der Waals surface area contributed by atoms with E-state index in [1.54, 1.807) is 0 Å². The summed E-state index contributed by atoms with van der Waals surface area (Å²) in [6.07, 6.45) is -2.92. The summed E-state index contributed by atoms with van der Waals surface area (Å²) in [6, 6.07) is 1.85. The van der Waals surface area contributed by atoms with Crippen LogP contribution in [0.5, 0.6) is 0 Å². The van der Waals surface area contributed by atoms with E-state index in [2.05, 4.69) is 15.9 Å². The number of nitro benzene ring substituents is 1. The number of halogens is 4. The van der Waals surface area contributed by atoms with Crippen LogP contribution in [0.4, 0.5) is 14.5 Å². The summed E-state index contributed by atoms with van der Waals surface area (Å²) in [7, 11) is 0. The van der Waals surface area contributed by atoms with E-state index < -0.39 is 22.6 Å². The van der Waals surface area contributed by atoms with Gasteiger partial charge in [0.1, 0.15) is 0 Å². The van der Waals surface area contributed by atoms with Crippen LogP contribution in [0.25, 0.3) is 0 Å². The highest BCUT2D eigenvalue weighted by molar-refractivity contribution is 9.10. The van der Waals surface area contributed by atoms with Crippen molar-refractivity contribution in [3.63, 3.8) is 0 Å². The zero-order chi connectivity index (χ0) is 10.9. The first kappa shape index (κ1) is 11.3. The van der Waals surface area contributed by atoms with E-state index in [1.807, 2.05) is 0 Å². The topological polar surface area (TPSA) is 43.1 Å². The molecule has 0 saturated carbocycles. The molecule has 0 heterocycles. The predicted octanol–water partition coefficient (Wildman–Crippen LogP) is 3.95. The molecule has 0 radical (unpaired) electrons. The van der Waals surface area contributed by atoms with Gasteiger partial charge in [0.25, 0.3) is 12.1 Å². The van der Waals surface area contributed by atoms with Crippen molar-refractivity contribution < 1.29 is 13.7 Å². The smallest absolute Gasteiger partial charge is 0.258 e. The molecule has 1 aromatic rings. The lowest BCUT2D eigenvalue weighted by atomic mass is 10.2. The van der Waals surface area contributed by atoms with E-state index in [9.17, 15) is 18.9 Å². The number of benzene rings is 1. The van der Waals surface area contributed by atoms with E-state index in [4.69, 9.17) is 11.6 Å². The van der Waals surface area contributed by atoms with Crippen molar-refractivity contribution >= 4 is 33.2 Å². The van der Waals surface area contributed by atoms with Crippen LogP contribution < -0.4 is 0 Å². The van der Waals surface area contributed by atoms with Gasteiger partial charge in [-0.15, -0.1) is 0 Å². The van der Waals surface area contributed by atoms with Crippen molar-refractivity contribution in [1.82, 2.24) is 0 Å². The normalized spacial score (nSPS) is 10.6. The molecule has 0 fully saturated rings. The van der Waals surface area contributed by atoms with Crippen molar-refractivity contribution in [2.24, 2.45) is 0 Å². The molecule has 0 aromatic heterocycles. The van der Waals surface area contributed by atoms with Gasteiger partial charge < -0.3 is 0 Å². The third kappa shape index (κ3) is 2.19. The van der Waals surface area contributed by atoms with Crippen molar-refractivity contribution in [2.45, 2.75) is 6.43 Å². The third-order valence-electron chi connectivity index (χ3n) is 1.50. The Morgan fingerprint density at radius 2 is 2.07 bits per heavy atom. The molecule has 0 aliphatic rings. The summed E-state index contributed by atoms with van der Waals surface area (Å²) in [5.74, 6) is 0. The van der Waals surface area contributed by atoms with Gasteiger partial charge in [0.15, 0.2) is 0 Å². The Balaban J connectivity index is 3.39. The highest BCUT2D eigenvalue weighted by Crippen LogP contribution is 2.35. The van der Waals surface area contributed by atoms with Crippen molar-refractivity contribution in [3.05, 3.63) is 37.3 Å². The molecule has 0 spiro atoms. The van der Waals surface area contributed by atoms with E-state index in [-0.39, 0.29) is 9.50 Å². The monoisotopic (exact) mass is 285 g/mol. The zero-order valence-electron chi connectivity index (χ0n) is 6.51. The molecular weight excluding hydrogens is 283 g/mol. The summed E-state index contributed by atoms with van der Waals surface area (Å²) < 4.78 is 24.9. The molecule has 0 saturated heterocycles. The zero-order valence-corrected chi connectivity index (χ0v) is 8.85. The minimum atomic E-state index is -2.92. The second kappa shape index (κ2) is 4.18. The maximum Gasteiger partial charge on any atom is 0.279 e. The maximum absolute atomic E-state index is 12.3. The molecule has 0 N–H and O–H groups in total. The summed E-state index contributed by atoms with van der Waals surface area (Å²) >= 11 is 8.45. The minimum Gasteiger partial charge on any atom is -0.258 e. The summed E-state index contributed by atoms with van der Waals surface area (Å²) in [5.41, 5.74) is -1.32. The first-order valence-electron chi connectivity index (χ1n) is 3.35. The first-order chi connectivity index (χ1) is 6.43. The Morgan fingerprint density at radius 1 is 1.50 bits per heavy atom. The quantitative estimate of drug-likeness (QED) is 0.610. The second-order valence-electron chi connectivity index (χ2n) is 2.38. The summed E-state index contributed by atoms with van der Waals surface area (Å²) in [5, 5.41) is 10.4. The molecule has 14 heavy (non-hydrogen) atoms. The van der Waals surface area contributed by atoms with E-state index >= 15 is 0 Å². The second-order valence-corrected chi connectivity index (χ2v) is 3.64. The maximum atomic E-state index is 12.3. The highest BCUT2D eigenvalue weighted by atomic mass is 79.9. The van der Waals surface area contributed by atoms with E-state index in [0.717, 1.165) is 12.1 Å². The van der Waals surface area contributed by atoms with Gasteiger partial charge in [-0.1, -0.05) is 11.6 Å². The molecule has 1 aromatic carbocycles. The Bertz CT molecular complexity index is 386. The van der Waals surface area contributed by atoms with Crippen LogP contribution in [-0.2, 0) is 0 Å². The fraction of sp³-hybridized carbons (Fsp3) is 0.143. The van der Waals surface area contributed by atoms with Gasteiger partial charge in [0.2, 0.25) is 0 Å². The molecule has 0 aliphatic carbocycles. The number of alkyl halides is 2. The van der Waals surface area contributed by atoms with Crippen LogP contribution in [0.1, 0.15) is 12.0 Å². The lowest BCUT2D eigenvalue weighted by Gasteiger charge is -2.03. The highest BCUT2D eigenvalue weighted by Gasteiger charge is 2.23. The molecule has 76 valence electrons. The summed E-state index contributed by atoms with van der Waals surface area (Å²) in [4.78, 5) is 9.53. The lowest BCUT2D eigenvalue weighted by Crippen LogP contribution is -1.96. The molecule has 0 unspecified atom stereocenters. The predicted molar refractivity (Wildman–Crippen MR) is 50.8 cm³/mol. The number of rotatable bonds is 2. The van der Waals surface area contributed by atoms with Crippen molar-refractivity contribution in [2.75, 3.05) is 0 Å². The largest absolute Gasteiger partial charge is 0.279 e. The van der Waals surface area contributed by atoms with Crippen molar-refractivity contribution in [3.8, 4) is 0 Å². The average molecular weight is 286 g/mol. The van der Waals surface area contributed by atoms with Gasteiger partial charge in [0.05, 0.1) is 15.5 Å². The van der Waals surface area contributed by atoms with Gasteiger partial charge in [-0.2, -0.15) is 0 Å². The molecule has 0 atom stereocenters. The van der Waals surface area contributed by atoms with E-state index in [1.165, 1.54) is 0 Å². The molecule has 0 amide bonds. The number of nitrogens with zero attached hydrogens (tertiary/aromatic N) is 1. The average Bonchev–Trinajstić information content (AvgIpc) is 2.08. The number of nitro groups is 1. The van der Waals surface area contributed by atoms with Gasteiger partial charge in [-0.05, 0) is 22.0 Å². The fourth-order valence-electron chi connectivity index (χ4n) is 0.885. The summed E-state index contributed by atoms with van der Waals surface area (Å²) in [6.45, 7) is 0. The standard InChI is InChI=1S/C7H3BrClF2NO2/c8-4-2-6(12(13)14)3(7(10)11)1-5(4)9/h1-2,7H. The van der Waals surface area contributed by atoms with Gasteiger partial charge >= 0.3 is 0 Å². The van der Waals surface area contributed by atoms with Crippen LogP contribution in [-0.4, -0.2) is 4.92 Å². The van der Waals surface area contributed by atoms with Gasteiger partial charge in [-0.25, -0.2) is 8.78 Å². The lowest BCUT2D eigenvalue weighted by molar-refractivity contribution is -0.386.